The topological polar surface area (TPSA) is 56.7 Å². The van der Waals surface area contributed by atoms with Crippen molar-refractivity contribution in [2.75, 3.05) is 0 Å². The van der Waals surface area contributed by atoms with Crippen molar-refractivity contribution in [3.63, 3.8) is 0 Å². The summed E-state index contributed by atoms with van der Waals surface area (Å²) in [4.78, 5) is 0. The van der Waals surface area contributed by atoms with Crippen LogP contribution in [-0.2, 0) is 12.1 Å². The van der Waals surface area contributed by atoms with E-state index in [0.29, 0.717) is 6.54 Å². The Morgan fingerprint density at radius 1 is 1.33 bits per heavy atom. The molecule has 4 heteroatoms. The van der Waals surface area contributed by atoms with Gasteiger partial charge in [0.05, 0.1) is 6.54 Å². The minimum Gasteiger partial charge on any atom is -0.324 e. The Bertz CT molecular complexity index is 269. The van der Waals surface area contributed by atoms with Crippen LogP contribution in [0.3, 0.4) is 0 Å². The minimum atomic E-state index is 0.0162. The fourth-order valence-electron chi connectivity index (χ4n) is 1.41. The van der Waals surface area contributed by atoms with Gasteiger partial charge < -0.3 is 10.3 Å². The highest BCUT2D eigenvalue weighted by Crippen LogP contribution is 2.17. The summed E-state index contributed by atoms with van der Waals surface area (Å²) in [6.45, 7) is 8.73. The molecule has 0 amide bonds. The molecule has 2 N–H and O–H groups in total. The Labute approximate surface area is 72.8 Å². The van der Waals surface area contributed by atoms with Gasteiger partial charge in [0.25, 0.3) is 0 Å². The first-order chi connectivity index (χ1) is 5.46. The van der Waals surface area contributed by atoms with E-state index in [1.165, 1.54) is 0 Å². The third-order valence-corrected chi connectivity index (χ3v) is 1.75. The summed E-state index contributed by atoms with van der Waals surface area (Å²) < 4.78 is 2.06. The van der Waals surface area contributed by atoms with Gasteiger partial charge in [-0.15, -0.1) is 10.2 Å². The van der Waals surface area contributed by atoms with Gasteiger partial charge in [0.15, 0.2) is 0 Å². The van der Waals surface area contributed by atoms with Crippen LogP contribution >= 0.6 is 0 Å². The average Bonchev–Trinajstić information content (AvgIpc) is 2.29. The standard InChI is InChI=1S/C8H16N4/c1-6-10-11-7(5-9)12(6)8(2,3)4/h5,9H2,1-4H3. The van der Waals surface area contributed by atoms with Crippen LogP contribution in [-0.4, -0.2) is 14.8 Å². The molecule has 0 atom stereocenters. The minimum absolute atomic E-state index is 0.0162. The molecular weight excluding hydrogens is 152 g/mol. The van der Waals surface area contributed by atoms with E-state index in [9.17, 15) is 0 Å². The molecule has 0 aliphatic heterocycles. The third kappa shape index (κ3) is 1.48. The van der Waals surface area contributed by atoms with Crippen LogP contribution in [0.4, 0.5) is 0 Å². The first kappa shape index (κ1) is 9.19. The zero-order chi connectivity index (χ0) is 9.35. The zero-order valence-corrected chi connectivity index (χ0v) is 8.13. The number of hydrogen-bond acceptors (Lipinski definition) is 3. The van der Waals surface area contributed by atoms with Crippen molar-refractivity contribution in [2.45, 2.75) is 39.8 Å². The molecule has 0 unspecified atom stereocenters. The Morgan fingerprint density at radius 3 is 2.25 bits per heavy atom. The normalized spacial score (nSPS) is 12.1. The van der Waals surface area contributed by atoms with Crippen molar-refractivity contribution in [1.82, 2.24) is 14.8 Å². The van der Waals surface area contributed by atoms with Gasteiger partial charge in [-0.3, -0.25) is 0 Å². The lowest BCUT2D eigenvalue weighted by molar-refractivity contribution is 0.374. The summed E-state index contributed by atoms with van der Waals surface area (Å²) in [5.74, 6) is 1.77. The van der Waals surface area contributed by atoms with E-state index < -0.39 is 0 Å². The summed E-state index contributed by atoms with van der Waals surface area (Å²) in [7, 11) is 0. The number of nitrogens with two attached hydrogens (primary N) is 1. The van der Waals surface area contributed by atoms with E-state index in [-0.39, 0.29) is 5.54 Å². The lowest BCUT2D eigenvalue weighted by Gasteiger charge is -2.23. The number of aromatic nitrogens is 3. The Morgan fingerprint density at radius 2 is 1.92 bits per heavy atom. The van der Waals surface area contributed by atoms with Crippen molar-refractivity contribution < 1.29 is 0 Å². The molecule has 0 bridgehead atoms. The second-order valence-electron chi connectivity index (χ2n) is 3.87. The highest BCUT2D eigenvalue weighted by molar-refractivity contribution is 4.98. The van der Waals surface area contributed by atoms with Gasteiger partial charge in [-0.2, -0.15) is 0 Å². The van der Waals surface area contributed by atoms with E-state index in [0.717, 1.165) is 11.6 Å². The summed E-state index contributed by atoms with van der Waals surface area (Å²) in [6.07, 6.45) is 0. The molecule has 1 rings (SSSR count). The lowest BCUT2D eigenvalue weighted by Crippen LogP contribution is -2.26. The molecule has 0 aliphatic rings. The summed E-state index contributed by atoms with van der Waals surface area (Å²) in [6, 6.07) is 0. The number of rotatable bonds is 1. The monoisotopic (exact) mass is 168 g/mol. The molecule has 0 saturated heterocycles. The maximum atomic E-state index is 5.54. The van der Waals surface area contributed by atoms with E-state index >= 15 is 0 Å². The van der Waals surface area contributed by atoms with Crippen LogP contribution in [0.1, 0.15) is 32.4 Å². The quantitative estimate of drug-likeness (QED) is 0.674. The first-order valence-corrected chi connectivity index (χ1v) is 4.08. The number of nitrogens with zero attached hydrogens (tertiary/aromatic N) is 3. The van der Waals surface area contributed by atoms with Gasteiger partial charge in [-0.05, 0) is 27.7 Å². The van der Waals surface area contributed by atoms with E-state index in [1.54, 1.807) is 0 Å². The molecule has 1 heterocycles. The van der Waals surface area contributed by atoms with Gasteiger partial charge in [0, 0.05) is 5.54 Å². The number of aryl methyl sites for hydroxylation is 1. The second kappa shape index (κ2) is 2.86. The molecule has 1 aromatic rings. The smallest absolute Gasteiger partial charge is 0.147 e. The van der Waals surface area contributed by atoms with Gasteiger partial charge in [-0.25, -0.2) is 0 Å². The van der Waals surface area contributed by atoms with Crippen LogP contribution in [0.15, 0.2) is 0 Å². The lowest BCUT2D eigenvalue weighted by atomic mass is 10.1. The molecule has 1 aromatic heterocycles. The molecule has 0 fully saturated rings. The molecule has 0 saturated carbocycles. The van der Waals surface area contributed by atoms with Crippen LogP contribution in [0.25, 0.3) is 0 Å². The predicted molar refractivity (Wildman–Crippen MR) is 47.6 cm³/mol. The summed E-state index contributed by atoms with van der Waals surface area (Å²) in [5.41, 5.74) is 5.55. The highest BCUT2D eigenvalue weighted by Gasteiger charge is 2.19. The van der Waals surface area contributed by atoms with Crippen molar-refractivity contribution in [1.29, 1.82) is 0 Å². The Balaban J connectivity index is 3.19. The van der Waals surface area contributed by atoms with E-state index in [2.05, 4.69) is 35.5 Å². The first-order valence-electron chi connectivity index (χ1n) is 4.08. The maximum absolute atomic E-state index is 5.54. The average molecular weight is 168 g/mol. The molecule has 0 aliphatic carbocycles. The molecule has 0 radical (unpaired) electrons. The second-order valence-corrected chi connectivity index (χ2v) is 3.87. The van der Waals surface area contributed by atoms with E-state index in [4.69, 9.17) is 5.73 Å². The Kier molecular flexibility index (Phi) is 2.19. The van der Waals surface area contributed by atoms with Crippen molar-refractivity contribution >= 4 is 0 Å². The van der Waals surface area contributed by atoms with Crippen LogP contribution in [0, 0.1) is 6.92 Å². The van der Waals surface area contributed by atoms with Crippen LogP contribution < -0.4 is 5.73 Å². The summed E-state index contributed by atoms with van der Waals surface area (Å²) in [5, 5.41) is 7.98. The predicted octanol–water partition coefficient (Wildman–Crippen LogP) is 0.800. The fourth-order valence-corrected chi connectivity index (χ4v) is 1.41. The molecule has 12 heavy (non-hydrogen) atoms. The maximum Gasteiger partial charge on any atom is 0.147 e. The van der Waals surface area contributed by atoms with Crippen LogP contribution in [0.2, 0.25) is 0 Å². The molecular formula is C8H16N4. The van der Waals surface area contributed by atoms with Crippen molar-refractivity contribution in [3.8, 4) is 0 Å². The highest BCUT2D eigenvalue weighted by atomic mass is 15.3. The zero-order valence-electron chi connectivity index (χ0n) is 8.13. The molecule has 0 aromatic carbocycles. The van der Waals surface area contributed by atoms with Gasteiger partial charge >= 0.3 is 0 Å². The van der Waals surface area contributed by atoms with Gasteiger partial charge in [-0.1, -0.05) is 0 Å². The summed E-state index contributed by atoms with van der Waals surface area (Å²) >= 11 is 0. The van der Waals surface area contributed by atoms with Crippen LogP contribution in [0.5, 0.6) is 0 Å². The van der Waals surface area contributed by atoms with Gasteiger partial charge in [0.2, 0.25) is 0 Å². The SMILES string of the molecule is Cc1nnc(CN)n1C(C)(C)C. The number of hydrogen-bond donors (Lipinski definition) is 1. The molecule has 68 valence electrons. The van der Waals surface area contributed by atoms with Gasteiger partial charge in [0.1, 0.15) is 11.6 Å². The van der Waals surface area contributed by atoms with Crippen molar-refractivity contribution in [2.24, 2.45) is 5.73 Å². The third-order valence-electron chi connectivity index (χ3n) is 1.75. The Hall–Kier alpha value is -0.900. The van der Waals surface area contributed by atoms with Crippen molar-refractivity contribution in [3.05, 3.63) is 11.6 Å². The molecule has 4 nitrogen and oxygen atoms in total. The van der Waals surface area contributed by atoms with E-state index in [1.807, 2.05) is 6.92 Å². The largest absolute Gasteiger partial charge is 0.324 e. The molecule has 0 spiro atoms. The fraction of sp³-hybridized carbons (Fsp3) is 0.750.